The van der Waals surface area contributed by atoms with Gasteiger partial charge in [0.2, 0.25) is 0 Å². The molecule has 0 amide bonds. The fourth-order valence-corrected chi connectivity index (χ4v) is 2.90. The van der Waals surface area contributed by atoms with Crippen LogP contribution in [0.15, 0.2) is 32.5 Å². The van der Waals surface area contributed by atoms with Gasteiger partial charge in [0, 0.05) is 11.3 Å². The molecule has 2 heterocycles. The molecule has 0 bridgehead atoms. The smallest absolute Gasteiger partial charge is 0.117 e. The molecule has 2 nitrogen and oxygen atoms in total. The fourth-order valence-electron chi connectivity index (χ4n) is 1.41. The van der Waals surface area contributed by atoms with E-state index in [1.54, 1.807) is 11.3 Å². The Morgan fingerprint density at radius 3 is 2.73 bits per heavy atom. The fraction of sp³-hybridized carbons (Fsp3) is 0.273. The molecule has 1 N–H and O–H groups in total. The van der Waals surface area contributed by atoms with Crippen LogP contribution >= 0.6 is 27.3 Å². The predicted molar refractivity (Wildman–Crippen MR) is 66.3 cm³/mol. The quantitative estimate of drug-likeness (QED) is 0.931. The van der Waals surface area contributed by atoms with Crippen LogP contribution in [-0.2, 0) is 13.0 Å². The van der Waals surface area contributed by atoms with Crippen LogP contribution in [0.2, 0.25) is 0 Å². The highest BCUT2D eigenvalue weighted by atomic mass is 79.9. The minimum atomic E-state index is 0.786. The summed E-state index contributed by atoms with van der Waals surface area (Å²) in [4.78, 5) is 1.31. The van der Waals surface area contributed by atoms with Crippen LogP contribution in [0.1, 0.15) is 16.4 Å². The van der Waals surface area contributed by atoms with Gasteiger partial charge in [-0.25, -0.2) is 0 Å². The third kappa shape index (κ3) is 2.93. The highest BCUT2D eigenvalue weighted by molar-refractivity contribution is 9.11. The molecule has 0 aliphatic carbocycles. The molecule has 2 aromatic heterocycles. The molecule has 0 saturated carbocycles. The summed E-state index contributed by atoms with van der Waals surface area (Å²) >= 11 is 5.20. The van der Waals surface area contributed by atoms with Crippen LogP contribution in [-0.4, -0.2) is 7.05 Å². The van der Waals surface area contributed by atoms with E-state index < -0.39 is 0 Å². The molecule has 4 heteroatoms. The molecule has 0 aromatic carbocycles. The van der Waals surface area contributed by atoms with Gasteiger partial charge in [0.1, 0.15) is 11.5 Å². The van der Waals surface area contributed by atoms with E-state index in [4.69, 9.17) is 4.42 Å². The molecule has 2 rings (SSSR count). The highest BCUT2D eigenvalue weighted by Crippen LogP contribution is 2.24. The number of nitrogens with one attached hydrogen (secondary N) is 1. The molecular weight excluding hydrogens is 274 g/mol. The van der Waals surface area contributed by atoms with Crippen molar-refractivity contribution in [1.82, 2.24) is 5.32 Å². The van der Waals surface area contributed by atoms with Crippen molar-refractivity contribution < 1.29 is 4.42 Å². The van der Waals surface area contributed by atoms with Crippen molar-refractivity contribution >= 4 is 27.3 Å². The lowest BCUT2D eigenvalue weighted by atomic mass is 10.3. The van der Waals surface area contributed by atoms with Crippen LogP contribution < -0.4 is 5.32 Å². The first-order chi connectivity index (χ1) is 7.28. The molecule has 80 valence electrons. The lowest BCUT2D eigenvalue weighted by Gasteiger charge is -1.94. The molecular formula is C11H12BrNOS. The van der Waals surface area contributed by atoms with E-state index in [1.165, 1.54) is 8.66 Å². The maximum Gasteiger partial charge on any atom is 0.117 e. The largest absolute Gasteiger partial charge is 0.464 e. The zero-order valence-electron chi connectivity index (χ0n) is 8.42. The second-order valence-electron chi connectivity index (χ2n) is 3.28. The van der Waals surface area contributed by atoms with Crippen LogP contribution in [0.4, 0.5) is 0 Å². The number of halogens is 1. The zero-order chi connectivity index (χ0) is 10.7. The Morgan fingerprint density at radius 2 is 2.07 bits per heavy atom. The van der Waals surface area contributed by atoms with Gasteiger partial charge >= 0.3 is 0 Å². The van der Waals surface area contributed by atoms with E-state index >= 15 is 0 Å². The Bertz CT molecular complexity index is 435. The molecule has 0 aliphatic heterocycles. The summed E-state index contributed by atoms with van der Waals surface area (Å²) in [6, 6.07) is 8.25. The lowest BCUT2D eigenvalue weighted by molar-refractivity contribution is 0.463. The Hall–Kier alpha value is -0.580. The van der Waals surface area contributed by atoms with E-state index in [9.17, 15) is 0 Å². The molecule has 0 unspecified atom stereocenters. The summed E-state index contributed by atoms with van der Waals surface area (Å²) in [7, 11) is 1.92. The van der Waals surface area contributed by atoms with Crippen molar-refractivity contribution in [3.8, 4) is 0 Å². The normalized spacial score (nSPS) is 10.8. The Kier molecular flexibility index (Phi) is 3.61. The Balaban J connectivity index is 2.04. The van der Waals surface area contributed by atoms with E-state index in [0.29, 0.717) is 0 Å². The van der Waals surface area contributed by atoms with Crippen LogP contribution in [0.25, 0.3) is 0 Å². The van der Waals surface area contributed by atoms with Crippen LogP contribution in [0.3, 0.4) is 0 Å². The maximum atomic E-state index is 5.67. The average molecular weight is 286 g/mol. The molecule has 0 spiro atoms. The van der Waals surface area contributed by atoms with Crippen LogP contribution in [0.5, 0.6) is 0 Å². The van der Waals surface area contributed by atoms with Gasteiger partial charge in [0.25, 0.3) is 0 Å². The number of hydrogen-bond donors (Lipinski definition) is 1. The second-order valence-corrected chi connectivity index (χ2v) is 5.83. The van der Waals surface area contributed by atoms with Gasteiger partial charge in [-0.05, 0) is 47.2 Å². The summed E-state index contributed by atoms with van der Waals surface area (Å²) < 4.78 is 6.83. The second kappa shape index (κ2) is 4.96. The number of hydrogen-bond acceptors (Lipinski definition) is 3. The molecule has 0 atom stereocenters. The van der Waals surface area contributed by atoms with Crippen molar-refractivity contribution in [2.75, 3.05) is 7.05 Å². The van der Waals surface area contributed by atoms with Crippen molar-refractivity contribution in [1.29, 1.82) is 0 Å². The number of furan rings is 1. The molecule has 15 heavy (non-hydrogen) atoms. The minimum Gasteiger partial charge on any atom is -0.464 e. The summed E-state index contributed by atoms with van der Waals surface area (Å²) in [6.45, 7) is 0.786. The molecule has 0 saturated heterocycles. The summed E-state index contributed by atoms with van der Waals surface area (Å²) in [6.07, 6.45) is 0.875. The van der Waals surface area contributed by atoms with E-state index in [2.05, 4.69) is 33.4 Å². The summed E-state index contributed by atoms with van der Waals surface area (Å²) in [5.41, 5.74) is 0. The van der Waals surface area contributed by atoms with Gasteiger partial charge in [0.15, 0.2) is 0 Å². The van der Waals surface area contributed by atoms with Gasteiger partial charge in [-0.3, -0.25) is 0 Å². The van der Waals surface area contributed by atoms with Crippen molar-refractivity contribution in [2.45, 2.75) is 13.0 Å². The maximum absolute atomic E-state index is 5.67. The Labute approximate surface area is 101 Å². The van der Waals surface area contributed by atoms with Crippen LogP contribution in [0, 0.1) is 0 Å². The standard InChI is InChI=1S/C11H12BrNOS/c1-13-7-9-3-2-8(14-9)6-10-4-5-11(12)15-10/h2-5,13H,6-7H2,1H3. The topological polar surface area (TPSA) is 25.2 Å². The van der Waals surface area contributed by atoms with Gasteiger partial charge < -0.3 is 9.73 Å². The predicted octanol–water partition coefficient (Wildman–Crippen LogP) is 3.41. The van der Waals surface area contributed by atoms with Crippen molar-refractivity contribution in [3.63, 3.8) is 0 Å². The van der Waals surface area contributed by atoms with Gasteiger partial charge in [-0.1, -0.05) is 0 Å². The zero-order valence-corrected chi connectivity index (χ0v) is 10.8. The molecule has 0 radical (unpaired) electrons. The molecule has 0 aliphatic rings. The first-order valence-electron chi connectivity index (χ1n) is 4.74. The Morgan fingerprint density at radius 1 is 1.27 bits per heavy atom. The first-order valence-corrected chi connectivity index (χ1v) is 6.35. The highest BCUT2D eigenvalue weighted by Gasteiger charge is 2.04. The minimum absolute atomic E-state index is 0.786. The number of thiophene rings is 1. The van der Waals surface area contributed by atoms with Gasteiger partial charge in [0.05, 0.1) is 10.3 Å². The van der Waals surface area contributed by atoms with Gasteiger partial charge in [-0.15, -0.1) is 11.3 Å². The SMILES string of the molecule is CNCc1ccc(Cc2ccc(Br)s2)o1. The first kappa shape index (κ1) is 10.9. The summed E-state index contributed by atoms with van der Waals surface area (Å²) in [5, 5.41) is 3.07. The third-order valence-electron chi connectivity index (χ3n) is 2.05. The van der Waals surface area contributed by atoms with Gasteiger partial charge in [-0.2, -0.15) is 0 Å². The molecule has 0 fully saturated rings. The lowest BCUT2D eigenvalue weighted by Crippen LogP contribution is -2.03. The third-order valence-corrected chi connectivity index (χ3v) is 3.67. The van der Waals surface area contributed by atoms with Crippen molar-refractivity contribution in [2.24, 2.45) is 0 Å². The summed E-state index contributed by atoms with van der Waals surface area (Å²) in [5.74, 6) is 2.01. The molecule has 2 aromatic rings. The average Bonchev–Trinajstić information content (AvgIpc) is 2.78. The van der Waals surface area contributed by atoms with E-state index in [-0.39, 0.29) is 0 Å². The number of rotatable bonds is 4. The van der Waals surface area contributed by atoms with E-state index in [1.807, 2.05) is 19.2 Å². The van der Waals surface area contributed by atoms with E-state index in [0.717, 1.165) is 24.5 Å². The van der Waals surface area contributed by atoms with Crippen molar-refractivity contribution in [3.05, 3.63) is 44.4 Å². The monoisotopic (exact) mass is 285 g/mol.